The molecule has 0 radical (unpaired) electrons. The van der Waals surface area contributed by atoms with Crippen molar-refractivity contribution in [3.8, 4) is 0 Å². The number of carboxylic acids is 2. The van der Waals surface area contributed by atoms with Crippen LogP contribution in [0.3, 0.4) is 0 Å². The van der Waals surface area contributed by atoms with Crippen molar-refractivity contribution < 1.29 is 24.9 Å². The molecule has 0 saturated heterocycles. The lowest BCUT2D eigenvalue weighted by atomic mass is 9.48. The number of fused-ring (bicyclic) bond motifs is 3. The molecule has 0 aromatic rings. The Bertz CT molecular complexity index is 983. The van der Waals surface area contributed by atoms with Crippen molar-refractivity contribution in [1.82, 2.24) is 0 Å². The van der Waals surface area contributed by atoms with E-state index >= 15 is 0 Å². The van der Waals surface area contributed by atoms with Crippen molar-refractivity contribution in [3.63, 3.8) is 0 Å². The number of aliphatic hydroxyl groups is 1. The first-order chi connectivity index (χ1) is 16.2. The van der Waals surface area contributed by atoms with Crippen molar-refractivity contribution in [3.05, 3.63) is 47.1 Å². The molecule has 3 rings (SSSR count). The van der Waals surface area contributed by atoms with Crippen molar-refractivity contribution in [2.75, 3.05) is 0 Å². The van der Waals surface area contributed by atoms with Crippen LogP contribution in [0.25, 0.3) is 0 Å². The summed E-state index contributed by atoms with van der Waals surface area (Å²) in [6.07, 6.45) is 9.70. The predicted molar refractivity (Wildman–Crippen MR) is 139 cm³/mol. The van der Waals surface area contributed by atoms with E-state index in [1.54, 1.807) is 0 Å². The Kier molecular flexibility index (Phi) is 7.63. The van der Waals surface area contributed by atoms with E-state index in [0.717, 1.165) is 12.0 Å². The predicted octanol–water partition coefficient (Wildman–Crippen LogP) is 6.55. The molecular formula is C30H44O5. The molecule has 3 aliphatic rings. The first kappa shape index (κ1) is 27.4. The third-order valence-electron chi connectivity index (χ3n) is 9.82. The van der Waals surface area contributed by atoms with E-state index in [4.69, 9.17) is 0 Å². The summed E-state index contributed by atoms with van der Waals surface area (Å²) in [7, 11) is 0. The highest BCUT2D eigenvalue weighted by atomic mass is 16.4. The number of hydrogen-bond acceptors (Lipinski definition) is 3. The third kappa shape index (κ3) is 4.57. The molecule has 0 amide bonds. The molecule has 35 heavy (non-hydrogen) atoms. The first-order valence-corrected chi connectivity index (χ1v) is 13.0. The number of carbonyl (C=O) groups is 2. The molecule has 1 saturated carbocycles. The van der Waals surface area contributed by atoms with E-state index in [1.165, 1.54) is 16.7 Å². The van der Waals surface area contributed by atoms with Crippen LogP contribution in [-0.4, -0.2) is 33.4 Å². The van der Waals surface area contributed by atoms with Gasteiger partial charge in [-0.3, -0.25) is 9.59 Å². The number of allylic oxidation sites excluding steroid dienone is 7. The number of aliphatic hydroxyl groups excluding tert-OH is 1. The van der Waals surface area contributed by atoms with E-state index in [1.807, 2.05) is 20.8 Å². The van der Waals surface area contributed by atoms with Crippen LogP contribution in [0.1, 0.15) is 86.5 Å². The molecule has 0 aliphatic heterocycles. The van der Waals surface area contributed by atoms with Crippen LogP contribution in [0.4, 0.5) is 0 Å². The number of carboxylic acid groups (broad SMARTS) is 2. The summed E-state index contributed by atoms with van der Waals surface area (Å²) in [6, 6.07) is 0. The molecule has 0 unspecified atom stereocenters. The Labute approximate surface area is 210 Å². The molecule has 0 aromatic carbocycles. The Morgan fingerprint density at radius 2 is 1.80 bits per heavy atom. The highest BCUT2D eigenvalue weighted by Crippen LogP contribution is 2.70. The highest BCUT2D eigenvalue weighted by Gasteiger charge is 2.65. The Morgan fingerprint density at radius 3 is 2.34 bits per heavy atom. The smallest absolute Gasteiger partial charge is 0.306 e. The fraction of sp³-hybridized carbons (Fsp3) is 0.667. The van der Waals surface area contributed by atoms with E-state index < -0.39 is 29.4 Å². The van der Waals surface area contributed by atoms with Gasteiger partial charge < -0.3 is 15.3 Å². The SMILES string of the molecule is C=C(C)[C@@H]1CC=C2C(=CC[C@]3(C)[C@@H]([C@H](CCC=C(C)C)C(=O)O)[C@H](O)C[C@@]23C)[C@@]1(C)CCC(=O)O. The highest BCUT2D eigenvalue weighted by molar-refractivity contribution is 5.71. The van der Waals surface area contributed by atoms with Gasteiger partial charge in [-0.15, -0.1) is 0 Å². The van der Waals surface area contributed by atoms with Crippen LogP contribution in [-0.2, 0) is 9.59 Å². The minimum atomic E-state index is -0.831. The molecule has 3 aliphatic carbocycles. The van der Waals surface area contributed by atoms with Crippen LogP contribution in [0.15, 0.2) is 47.1 Å². The van der Waals surface area contributed by atoms with Gasteiger partial charge in [0.2, 0.25) is 0 Å². The van der Waals surface area contributed by atoms with Crippen molar-refractivity contribution in [2.24, 2.45) is 34.0 Å². The van der Waals surface area contributed by atoms with Crippen molar-refractivity contribution in [2.45, 2.75) is 92.6 Å². The van der Waals surface area contributed by atoms with Gasteiger partial charge in [0.25, 0.3) is 0 Å². The topological polar surface area (TPSA) is 94.8 Å². The maximum atomic E-state index is 12.5. The number of aliphatic carboxylic acids is 2. The molecule has 0 spiro atoms. The lowest BCUT2D eigenvalue weighted by Gasteiger charge is -2.56. The second kappa shape index (κ2) is 9.72. The Morgan fingerprint density at radius 1 is 1.14 bits per heavy atom. The minimum absolute atomic E-state index is 0.0928. The average Bonchev–Trinajstić information content (AvgIpc) is 2.95. The minimum Gasteiger partial charge on any atom is -0.481 e. The second-order valence-corrected chi connectivity index (χ2v) is 12.2. The van der Waals surface area contributed by atoms with Gasteiger partial charge in [-0.25, -0.2) is 0 Å². The van der Waals surface area contributed by atoms with Gasteiger partial charge >= 0.3 is 11.9 Å². The summed E-state index contributed by atoms with van der Waals surface area (Å²) in [5.74, 6) is -2.44. The number of rotatable bonds is 9. The third-order valence-corrected chi connectivity index (χ3v) is 9.82. The van der Waals surface area contributed by atoms with Crippen LogP contribution in [0.5, 0.6) is 0 Å². The quantitative estimate of drug-likeness (QED) is 0.323. The summed E-state index contributed by atoms with van der Waals surface area (Å²) in [5.41, 5.74) is 3.46. The molecular weight excluding hydrogens is 440 g/mol. The van der Waals surface area contributed by atoms with Gasteiger partial charge in [0.15, 0.2) is 0 Å². The van der Waals surface area contributed by atoms with E-state index in [2.05, 4.69) is 45.6 Å². The fourth-order valence-corrected chi connectivity index (χ4v) is 7.77. The zero-order valence-electron chi connectivity index (χ0n) is 22.4. The molecule has 5 nitrogen and oxygen atoms in total. The maximum absolute atomic E-state index is 12.5. The standard InChI is InChI=1S/C30H44O5/c1-18(2)9-8-10-20(27(34)35)26-24(31)17-30(7)23-12-11-21(19(3)4)28(5,15-14-25(32)33)22(23)13-16-29(26,30)6/h9,12-13,20-21,24,26,31H,3,8,10-11,14-17H2,1-2,4-7H3,(H,32,33)(H,34,35)/t20-,21-,24+,26-,28-,29+,30-/m0/s1. The molecule has 0 aromatic heterocycles. The number of hydrogen-bond donors (Lipinski definition) is 3. The average molecular weight is 485 g/mol. The summed E-state index contributed by atoms with van der Waals surface area (Å²) in [5, 5.41) is 31.1. The monoisotopic (exact) mass is 484 g/mol. The molecule has 1 fully saturated rings. The summed E-state index contributed by atoms with van der Waals surface area (Å²) < 4.78 is 0. The lowest BCUT2D eigenvalue weighted by molar-refractivity contribution is -0.148. The zero-order valence-corrected chi connectivity index (χ0v) is 22.4. The second-order valence-electron chi connectivity index (χ2n) is 12.2. The molecule has 0 heterocycles. The normalized spacial score (nSPS) is 36.8. The molecule has 194 valence electrons. The molecule has 7 atom stereocenters. The van der Waals surface area contributed by atoms with Gasteiger partial charge in [0.1, 0.15) is 0 Å². The largest absolute Gasteiger partial charge is 0.481 e. The Balaban J connectivity index is 2.07. The van der Waals surface area contributed by atoms with E-state index in [-0.39, 0.29) is 29.1 Å². The van der Waals surface area contributed by atoms with Crippen LogP contribution >= 0.6 is 0 Å². The lowest BCUT2D eigenvalue weighted by Crippen LogP contribution is -2.48. The summed E-state index contributed by atoms with van der Waals surface area (Å²) in [4.78, 5) is 24.0. The van der Waals surface area contributed by atoms with Crippen molar-refractivity contribution in [1.29, 1.82) is 0 Å². The zero-order chi connectivity index (χ0) is 26.3. The summed E-state index contributed by atoms with van der Waals surface area (Å²) in [6.45, 7) is 16.8. The molecule has 3 N–H and O–H groups in total. The van der Waals surface area contributed by atoms with E-state index in [9.17, 15) is 24.9 Å². The van der Waals surface area contributed by atoms with Crippen molar-refractivity contribution >= 4 is 11.9 Å². The van der Waals surface area contributed by atoms with E-state index in [0.29, 0.717) is 32.1 Å². The molecule has 5 heteroatoms. The maximum Gasteiger partial charge on any atom is 0.306 e. The first-order valence-electron chi connectivity index (χ1n) is 13.0. The van der Waals surface area contributed by atoms with Gasteiger partial charge in [-0.1, -0.05) is 56.7 Å². The van der Waals surface area contributed by atoms with Crippen LogP contribution in [0, 0.1) is 34.0 Å². The van der Waals surface area contributed by atoms with Gasteiger partial charge in [0, 0.05) is 17.8 Å². The Hall–Kier alpha value is -2.14. The fourth-order valence-electron chi connectivity index (χ4n) is 7.77. The van der Waals surface area contributed by atoms with Gasteiger partial charge in [-0.05, 0) is 87.2 Å². The molecule has 0 bridgehead atoms. The van der Waals surface area contributed by atoms with Crippen LogP contribution < -0.4 is 0 Å². The van der Waals surface area contributed by atoms with Crippen LogP contribution in [0.2, 0.25) is 0 Å². The van der Waals surface area contributed by atoms with Gasteiger partial charge in [-0.2, -0.15) is 0 Å². The van der Waals surface area contributed by atoms with Gasteiger partial charge in [0.05, 0.1) is 12.0 Å². The summed E-state index contributed by atoms with van der Waals surface area (Å²) >= 11 is 0.